The monoisotopic (exact) mass is 278 g/mol. The van der Waals surface area contributed by atoms with Crippen LogP contribution in [0.2, 0.25) is 0 Å². The van der Waals surface area contributed by atoms with E-state index in [9.17, 15) is 18.0 Å². The number of halogens is 3. The van der Waals surface area contributed by atoms with Crippen LogP contribution in [0.1, 0.15) is 44.9 Å². The van der Waals surface area contributed by atoms with E-state index in [-0.39, 0.29) is 24.8 Å². The van der Waals surface area contributed by atoms with E-state index in [1.807, 2.05) is 0 Å². The molecule has 2 saturated carbocycles. The Balaban J connectivity index is 1.56. The first kappa shape index (κ1) is 14.6. The van der Waals surface area contributed by atoms with Crippen LogP contribution in [0.25, 0.3) is 0 Å². The number of amides is 1. The summed E-state index contributed by atoms with van der Waals surface area (Å²) < 4.78 is 37.4. The third kappa shape index (κ3) is 5.01. The van der Waals surface area contributed by atoms with Crippen LogP contribution in [0.4, 0.5) is 13.2 Å². The Labute approximate surface area is 111 Å². The fraction of sp³-hybridized carbons (Fsp3) is 0.923. The summed E-state index contributed by atoms with van der Waals surface area (Å²) in [6, 6.07) is 0.502. The first-order chi connectivity index (χ1) is 8.95. The van der Waals surface area contributed by atoms with Gasteiger partial charge >= 0.3 is 6.18 Å². The number of hydrogen-bond acceptors (Lipinski definition) is 2. The van der Waals surface area contributed by atoms with Crippen LogP contribution in [0.3, 0.4) is 0 Å². The summed E-state index contributed by atoms with van der Waals surface area (Å²) in [7, 11) is 0. The van der Waals surface area contributed by atoms with E-state index in [1.54, 1.807) is 0 Å². The zero-order valence-corrected chi connectivity index (χ0v) is 10.9. The zero-order valence-electron chi connectivity index (χ0n) is 10.9. The minimum absolute atomic E-state index is 0.0407. The number of carbonyl (C=O) groups excluding carboxylic acids is 1. The first-order valence-corrected chi connectivity index (χ1v) is 7.04. The molecule has 0 heterocycles. The predicted octanol–water partition coefficient (Wildman–Crippen LogP) is 2.37. The summed E-state index contributed by atoms with van der Waals surface area (Å²) in [4.78, 5) is 11.4. The maximum absolute atomic E-state index is 12.5. The molecule has 2 N–H and O–H groups in total. The van der Waals surface area contributed by atoms with Gasteiger partial charge in [-0.1, -0.05) is 0 Å². The fourth-order valence-corrected chi connectivity index (χ4v) is 2.54. The summed E-state index contributed by atoms with van der Waals surface area (Å²) in [5.41, 5.74) is 0. The average Bonchev–Trinajstić information content (AvgIpc) is 3.12. The van der Waals surface area contributed by atoms with Crippen molar-refractivity contribution in [3.63, 3.8) is 0 Å². The molecule has 0 aromatic carbocycles. The van der Waals surface area contributed by atoms with Crippen molar-refractivity contribution in [2.75, 3.05) is 6.54 Å². The highest BCUT2D eigenvalue weighted by Crippen LogP contribution is 2.37. The Bertz CT molecular complexity index is 308. The topological polar surface area (TPSA) is 41.1 Å². The van der Waals surface area contributed by atoms with Gasteiger partial charge in [0.1, 0.15) is 0 Å². The van der Waals surface area contributed by atoms with E-state index in [1.165, 1.54) is 0 Å². The molecule has 110 valence electrons. The Morgan fingerprint density at radius 2 is 1.58 bits per heavy atom. The van der Waals surface area contributed by atoms with Gasteiger partial charge in [0.05, 0.1) is 5.92 Å². The molecule has 2 aliphatic carbocycles. The van der Waals surface area contributed by atoms with Gasteiger partial charge < -0.3 is 10.6 Å². The highest BCUT2D eigenvalue weighted by atomic mass is 19.4. The number of nitrogens with one attached hydrogen (secondary N) is 2. The van der Waals surface area contributed by atoms with Crippen molar-refractivity contribution in [1.29, 1.82) is 0 Å². The minimum Gasteiger partial charge on any atom is -0.353 e. The van der Waals surface area contributed by atoms with Gasteiger partial charge in [0.15, 0.2) is 0 Å². The Morgan fingerprint density at radius 3 is 2.11 bits per heavy atom. The molecule has 0 unspecified atom stereocenters. The molecule has 0 radical (unpaired) electrons. The van der Waals surface area contributed by atoms with Crippen molar-refractivity contribution in [2.24, 2.45) is 5.92 Å². The molecule has 6 heteroatoms. The SMILES string of the molecule is O=C(CCNC1CCC(C(F)(F)F)CC1)NC1CC1. The highest BCUT2D eigenvalue weighted by molar-refractivity contribution is 5.76. The molecule has 2 fully saturated rings. The van der Waals surface area contributed by atoms with Gasteiger partial charge in [-0.05, 0) is 38.5 Å². The summed E-state index contributed by atoms with van der Waals surface area (Å²) in [5, 5.41) is 6.08. The van der Waals surface area contributed by atoms with Crippen LogP contribution in [0.15, 0.2) is 0 Å². The van der Waals surface area contributed by atoms with Gasteiger partial charge in [0.25, 0.3) is 0 Å². The fourth-order valence-electron chi connectivity index (χ4n) is 2.54. The number of rotatable bonds is 5. The summed E-state index contributed by atoms with van der Waals surface area (Å²) in [5.74, 6) is -1.09. The molecule has 2 rings (SSSR count). The van der Waals surface area contributed by atoms with Gasteiger partial charge in [-0.2, -0.15) is 13.2 Å². The second-order valence-corrected chi connectivity index (χ2v) is 5.64. The lowest BCUT2D eigenvalue weighted by molar-refractivity contribution is -0.182. The maximum atomic E-state index is 12.5. The quantitative estimate of drug-likeness (QED) is 0.810. The molecule has 1 amide bonds. The summed E-state index contributed by atoms with van der Waals surface area (Å²) >= 11 is 0. The Hall–Kier alpha value is -0.780. The van der Waals surface area contributed by atoms with E-state index >= 15 is 0 Å². The lowest BCUT2D eigenvalue weighted by Gasteiger charge is -2.30. The van der Waals surface area contributed by atoms with Crippen LogP contribution in [0.5, 0.6) is 0 Å². The van der Waals surface area contributed by atoms with Crippen LogP contribution in [0, 0.1) is 5.92 Å². The van der Waals surface area contributed by atoms with Gasteiger partial charge in [0.2, 0.25) is 5.91 Å². The molecule has 19 heavy (non-hydrogen) atoms. The molecule has 0 aromatic heterocycles. The molecule has 0 aliphatic heterocycles. The molecule has 0 saturated heterocycles. The lowest BCUT2D eigenvalue weighted by atomic mass is 9.85. The molecule has 0 spiro atoms. The lowest BCUT2D eigenvalue weighted by Crippen LogP contribution is -2.38. The number of alkyl halides is 3. The molecule has 0 bridgehead atoms. The number of carbonyl (C=O) groups is 1. The van der Waals surface area contributed by atoms with Crippen molar-refractivity contribution in [3.05, 3.63) is 0 Å². The van der Waals surface area contributed by atoms with Crippen molar-refractivity contribution in [3.8, 4) is 0 Å². The van der Waals surface area contributed by atoms with E-state index in [0.717, 1.165) is 12.8 Å². The second-order valence-electron chi connectivity index (χ2n) is 5.64. The van der Waals surface area contributed by atoms with E-state index in [0.29, 0.717) is 31.8 Å². The summed E-state index contributed by atoms with van der Waals surface area (Å²) in [6.07, 6.45) is 0.0137. The maximum Gasteiger partial charge on any atom is 0.391 e. The molecule has 0 aromatic rings. The number of hydrogen-bond donors (Lipinski definition) is 2. The third-order valence-corrected chi connectivity index (χ3v) is 3.92. The van der Waals surface area contributed by atoms with Crippen molar-refractivity contribution in [2.45, 2.75) is 63.2 Å². The summed E-state index contributed by atoms with van der Waals surface area (Å²) in [6.45, 7) is 0.555. The van der Waals surface area contributed by atoms with Crippen molar-refractivity contribution in [1.82, 2.24) is 10.6 Å². The second kappa shape index (κ2) is 6.11. The third-order valence-electron chi connectivity index (χ3n) is 3.92. The van der Waals surface area contributed by atoms with Crippen molar-refractivity contribution < 1.29 is 18.0 Å². The van der Waals surface area contributed by atoms with Crippen LogP contribution in [-0.2, 0) is 4.79 Å². The average molecular weight is 278 g/mol. The molecular formula is C13H21F3N2O. The van der Waals surface area contributed by atoms with E-state index < -0.39 is 12.1 Å². The van der Waals surface area contributed by atoms with Crippen molar-refractivity contribution >= 4 is 5.91 Å². The van der Waals surface area contributed by atoms with Crippen LogP contribution in [-0.4, -0.2) is 30.7 Å². The largest absolute Gasteiger partial charge is 0.391 e. The van der Waals surface area contributed by atoms with E-state index in [4.69, 9.17) is 0 Å². The van der Waals surface area contributed by atoms with Gasteiger partial charge in [-0.25, -0.2) is 0 Å². The standard InChI is InChI=1S/C13H21F3N2O/c14-13(15,16)9-1-3-10(4-2-9)17-8-7-12(19)18-11-5-6-11/h9-11,17H,1-8H2,(H,18,19). The first-order valence-electron chi connectivity index (χ1n) is 7.04. The zero-order chi connectivity index (χ0) is 13.9. The van der Waals surface area contributed by atoms with Gasteiger partial charge in [0, 0.05) is 25.0 Å². The molecule has 3 nitrogen and oxygen atoms in total. The molecular weight excluding hydrogens is 257 g/mol. The predicted molar refractivity (Wildman–Crippen MR) is 65.6 cm³/mol. The smallest absolute Gasteiger partial charge is 0.353 e. The van der Waals surface area contributed by atoms with Gasteiger partial charge in [-0.3, -0.25) is 4.79 Å². The van der Waals surface area contributed by atoms with Crippen LogP contribution < -0.4 is 10.6 Å². The van der Waals surface area contributed by atoms with Gasteiger partial charge in [-0.15, -0.1) is 0 Å². The highest BCUT2D eigenvalue weighted by Gasteiger charge is 2.41. The normalized spacial score (nSPS) is 28.2. The van der Waals surface area contributed by atoms with Crippen LogP contribution >= 0.6 is 0 Å². The van der Waals surface area contributed by atoms with E-state index in [2.05, 4.69) is 10.6 Å². The Kier molecular flexibility index (Phi) is 4.71. The Morgan fingerprint density at radius 1 is 1.00 bits per heavy atom. The minimum atomic E-state index is -4.05. The molecule has 2 aliphatic rings. The molecule has 0 atom stereocenters.